The van der Waals surface area contributed by atoms with Gasteiger partial charge in [-0.15, -0.1) is 0 Å². The van der Waals surface area contributed by atoms with E-state index < -0.39 is 0 Å². The van der Waals surface area contributed by atoms with Gasteiger partial charge in [-0.25, -0.2) is 4.39 Å². The monoisotopic (exact) mass is 439 g/mol. The highest BCUT2D eigenvalue weighted by atomic mass is 19.1. The summed E-state index contributed by atoms with van der Waals surface area (Å²) in [5.41, 5.74) is 0.839. The first kappa shape index (κ1) is 22.6. The molecule has 2 aliphatic heterocycles. The minimum Gasteiger partial charge on any atom is -0.490 e. The van der Waals surface area contributed by atoms with Crippen molar-refractivity contribution in [3.63, 3.8) is 0 Å². The molecule has 0 aromatic heterocycles. The topological polar surface area (TPSA) is 46.1 Å². The molecule has 0 saturated carbocycles. The normalized spacial score (nSPS) is 19.6. The van der Waals surface area contributed by atoms with E-state index in [9.17, 15) is 4.39 Å². The maximum atomic E-state index is 14.0. The van der Waals surface area contributed by atoms with Gasteiger partial charge >= 0.3 is 0 Å². The molecule has 0 atom stereocenters. The van der Waals surface area contributed by atoms with E-state index in [0.29, 0.717) is 19.8 Å². The average Bonchev–Trinajstić information content (AvgIpc) is 2.84. The molecule has 5 nitrogen and oxygen atoms in total. The van der Waals surface area contributed by atoms with Crippen molar-refractivity contribution >= 4 is 5.96 Å². The number of guanidine groups is 1. The number of nitrogens with one attached hydrogen (secondary N) is 1. The predicted octanol–water partition coefficient (Wildman–Crippen LogP) is 4.38. The molecule has 0 unspecified atom stereocenters. The van der Waals surface area contributed by atoms with Crippen molar-refractivity contribution < 1.29 is 13.9 Å². The minimum absolute atomic E-state index is 0.185. The number of nitrogens with zero attached hydrogens (tertiary/aromatic N) is 2. The summed E-state index contributed by atoms with van der Waals surface area (Å²) in [6.07, 6.45) is 3.86. The van der Waals surface area contributed by atoms with Gasteiger partial charge in [-0.05, 0) is 49.6 Å². The zero-order valence-electron chi connectivity index (χ0n) is 18.9. The Labute approximate surface area is 190 Å². The van der Waals surface area contributed by atoms with Crippen molar-refractivity contribution in [2.24, 2.45) is 4.99 Å². The molecule has 0 bridgehead atoms. The Balaban J connectivity index is 1.44. The zero-order valence-corrected chi connectivity index (χ0v) is 18.9. The molecular weight excluding hydrogens is 405 g/mol. The summed E-state index contributed by atoms with van der Waals surface area (Å²) in [5, 5.41) is 3.47. The van der Waals surface area contributed by atoms with Crippen LogP contribution in [-0.4, -0.2) is 56.4 Å². The Kier molecular flexibility index (Phi) is 7.63. The quantitative estimate of drug-likeness (QED) is 0.536. The number of likely N-dealkylation sites (tertiary alicyclic amines) is 1. The first-order valence-electron chi connectivity index (χ1n) is 11.8. The molecule has 4 rings (SSSR count). The molecule has 2 fully saturated rings. The summed E-state index contributed by atoms with van der Waals surface area (Å²) in [6.45, 7) is 6.71. The fourth-order valence-electron chi connectivity index (χ4n) is 4.65. The third kappa shape index (κ3) is 5.60. The predicted molar refractivity (Wildman–Crippen MR) is 126 cm³/mol. The maximum absolute atomic E-state index is 14.0. The maximum Gasteiger partial charge on any atom is 0.193 e. The van der Waals surface area contributed by atoms with E-state index in [1.165, 1.54) is 6.07 Å². The van der Waals surface area contributed by atoms with Gasteiger partial charge in [0.05, 0.1) is 6.54 Å². The van der Waals surface area contributed by atoms with Crippen LogP contribution in [0.25, 0.3) is 0 Å². The number of aliphatic imine (C=N–C) groups is 1. The third-order valence-electron chi connectivity index (χ3n) is 6.54. The molecule has 6 heteroatoms. The van der Waals surface area contributed by atoms with Crippen molar-refractivity contribution in [3.8, 4) is 5.75 Å². The molecule has 172 valence electrons. The van der Waals surface area contributed by atoms with Crippen LogP contribution in [0.3, 0.4) is 0 Å². The Morgan fingerprint density at radius 3 is 2.56 bits per heavy atom. The lowest BCUT2D eigenvalue weighted by Crippen LogP contribution is -2.48. The Morgan fingerprint density at radius 1 is 1.12 bits per heavy atom. The number of rotatable bonds is 6. The number of hydrogen-bond donors (Lipinski definition) is 1. The summed E-state index contributed by atoms with van der Waals surface area (Å²) < 4.78 is 25.8. The van der Waals surface area contributed by atoms with Gasteiger partial charge < -0.3 is 19.7 Å². The van der Waals surface area contributed by atoms with E-state index >= 15 is 0 Å². The fraction of sp³-hybridized carbons (Fsp3) is 0.500. The number of benzene rings is 2. The standard InChI is InChI=1S/C26H34FN3O2/c1-2-28-25(30-15-11-24(12-16-30)32-23-9-4-3-5-10-23)29-20-26(13-17-31-18-14-26)21-7-6-8-22(27)19-21/h3-10,19,24H,2,11-18,20H2,1H3,(H,28,29). The molecule has 2 aliphatic rings. The molecular formula is C26H34FN3O2. The molecule has 0 amide bonds. The number of piperidine rings is 1. The number of hydrogen-bond acceptors (Lipinski definition) is 3. The second-order valence-corrected chi connectivity index (χ2v) is 8.69. The first-order valence-corrected chi connectivity index (χ1v) is 11.8. The van der Waals surface area contributed by atoms with E-state index in [1.807, 2.05) is 36.4 Å². The summed E-state index contributed by atoms with van der Waals surface area (Å²) in [6, 6.07) is 17.0. The van der Waals surface area contributed by atoms with Gasteiger partial charge in [0.1, 0.15) is 17.7 Å². The van der Waals surface area contributed by atoms with Gasteiger partial charge in [-0.1, -0.05) is 30.3 Å². The smallest absolute Gasteiger partial charge is 0.193 e. The van der Waals surface area contributed by atoms with Gasteiger partial charge in [0, 0.05) is 51.1 Å². The molecule has 1 N–H and O–H groups in total. The van der Waals surface area contributed by atoms with Crippen LogP contribution in [0.4, 0.5) is 4.39 Å². The van der Waals surface area contributed by atoms with Gasteiger partial charge in [0.15, 0.2) is 5.96 Å². The average molecular weight is 440 g/mol. The van der Waals surface area contributed by atoms with E-state index in [2.05, 4.69) is 17.1 Å². The third-order valence-corrected chi connectivity index (χ3v) is 6.54. The summed E-state index contributed by atoms with van der Waals surface area (Å²) in [5.74, 6) is 1.68. The second kappa shape index (κ2) is 10.8. The lowest BCUT2D eigenvalue weighted by Gasteiger charge is -2.38. The van der Waals surface area contributed by atoms with Crippen molar-refractivity contribution in [1.82, 2.24) is 10.2 Å². The van der Waals surface area contributed by atoms with Crippen molar-refractivity contribution in [3.05, 3.63) is 66.0 Å². The molecule has 2 aromatic rings. The van der Waals surface area contributed by atoms with Crippen LogP contribution < -0.4 is 10.1 Å². The molecule has 0 aliphatic carbocycles. The van der Waals surface area contributed by atoms with Gasteiger partial charge in [0.2, 0.25) is 0 Å². The molecule has 0 spiro atoms. The molecule has 2 heterocycles. The second-order valence-electron chi connectivity index (χ2n) is 8.69. The van der Waals surface area contributed by atoms with E-state index in [4.69, 9.17) is 14.5 Å². The van der Waals surface area contributed by atoms with Crippen LogP contribution in [0.2, 0.25) is 0 Å². The van der Waals surface area contributed by atoms with Crippen LogP contribution >= 0.6 is 0 Å². The summed E-state index contributed by atoms with van der Waals surface area (Å²) in [7, 11) is 0. The number of ether oxygens (including phenoxy) is 2. The molecule has 2 aromatic carbocycles. The van der Waals surface area contributed by atoms with Crippen LogP contribution in [0.15, 0.2) is 59.6 Å². The van der Waals surface area contributed by atoms with Crippen LogP contribution in [0.1, 0.15) is 38.2 Å². The van der Waals surface area contributed by atoms with Crippen LogP contribution in [-0.2, 0) is 10.2 Å². The zero-order chi connectivity index (χ0) is 22.2. The van der Waals surface area contributed by atoms with Gasteiger partial charge in [0.25, 0.3) is 0 Å². The van der Waals surface area contributed by atoms with Crippen molar-refractivity contribution in [2.45, 2.75) is 44.1 Å². The van der Waals surface area contributed by atoms with E-state index in [-0.39, 0.29) is 17.3 Å². The van der Waals surface area contributed by atoms with Gasteiger partial charge in [-0.2, -0.15) is 0 Å². The molecule has 32 heavy (non-hydrogen) atoms. The van der Waals surface area contributed by atoms with Crippen molar-refractivity contribution in [2.75, 3.05) is 39.4 Å². The van der Waals surface area contributed by atoms with Crippen LogP contribution in [0, 0.1) is 5.82 Å². The molecule has 0 radical (unpaired) electrons. The lowest BCUT2D eigenvalue weighted by atomic mass is 9.74. The van der Waals surface area contributed by atoms with E-state index in [1.54, 1.807) is 12.1 Å². The number of para-hydroxylation sites is 1. The summed E-state index contributed by atoms with van der Waals surface area (Å²) >= 11 is 0. The lowest BCUT2D eigenvalue weighted by molar-refractivity contribution is 0.0528. The number of halogens is 1. The van der Waals surface area contributed by atoms with Crippen molar-refractivity contribution in [1.29, 1.82) is 0 Å². The Morgan fingerprint density at radius 2 is 1.88 bits per heavy atom. The fourth-order valence-corrected chi connectivity index (χ4v) is 4.65. The Hall–Kier alpha value is -2.60. The van der Waals surface area contributed by atoms with Gasteiger partial charge in [-0.3, -0.25) is 4.99 Å². The SMILES string of the molecule is CCNC(=NCC1(c2cccc(F)c2)CCOCC1)N1CCC(Oc2ccccc2)CC1. The highest BCUT2D eigenvalue weighted by Crippen LogP contribution is 2.35. The molecule has 2 saturated heterocycles. The largest absolute Gasteiger partial charge is 0.490 e. The van der Waals surface area contributed by atoms with Crippen LogP contribution in [0.5, 0.6) is 5.75 Å². The Bertz CT molecular complexity index is 876. The van der Waals surface area contributed by atoms with E-state index in [0.717, 1.165) is 62.6 Å². The highest BCUT2D eigenvalue weighted by molar-refractivity contribution is 5.80. The minimum atomic E-state index is -0.190. The summed E-state index contributed by atoms with van der Waals surface area (Å²) in [4.78, 5) is 7.39. The first-order chi connectivity index (χ1) is 15.7. The highest BCUT2D eigenvalue weighted by Gasteiger charge is 2.35.